The molecule has 1 N–H and O–H groups in total. The van der Waals surface area contributed by atoms with Crippen molar-refractivity contribution in [2.24, 2.45) is 0 Å². The molecule has 3 rings (SSSR count). The highest BCUT2D eigenvalue weighted by Gasteiger charge is 2.33. The van der Waals surface area contributed by atoms with Crippen molar-refractivity contribution in [1.29, 1.82) is 0 Å². The van der Waals surface area contributed by atoms with Crippen molar-refractivity contribution in [3.8, 4) is 5.75 Å². The van der Waals surface area contributed by atoms with Gasteiger partial charge in [0.15, 0.2) is 0 Å². The zero-order valence-corrected chi connectivity index (χ0v) is 22.2. The Morgan fingerprint density at radius 1 is 1.21 bits per heavy atom. The number of allylic oxidation sites excluding steroid dienone is 5. The van der Waals surface area contributed by atoms with Crippen molar-refractivity contribution in [3.63, 3.8) is 0 Å². The molecule has 206 valence electrons. The van der Waals surface area contributed by atoms with Crippen LogP contribution in [0.4, 0.5) is 23.4 Å². The van der Waals surface area contributed by atoms with Crippen LogP contribution in [0.25, 0.3) is 0 Å². The molecule has 0 spiro atoms. The number of halogens is 4. The molecule has 0 aliphatic carbocycles. The molecule has 38 heavy (non-hydrogen) atoms. The zero-order valence-electron chi connectivity index (χ0n) is 20.5. The number of rotatable bonds is 9. The normalized spacial score (nSPS) is 16.9. The van der Waals surface area contributed by atoms with E-state index in [0.717, 1.165) is 24.5 Å². The number of anilines is 1. The molecule has 0 radical (unpaired) electrons. The first-order valence-electron chi connectivity index (χ1n) is 11.3. The van der Waals surface area contributed by atoms with Gasteiger partial charge in [0.2, 0.25) is 5.95 Å². The summed E-state index contributed by atoms with van der Waals surface area (Å²) in [4.78, 5) is 3.28. The first-order valence-corrected chi connectivity index (χ1v) is 14.9. The van der Waals surface area contributed by atoms with Gasteiger partial charge in [-0.25, -0.2) is 21.8 Å². The largest absolute Gasteiger partial charge is 0.493 e. The average Bonchev–Trinajstić information content (AvgIpc) is 2.81. The predicted molar refractivity (Wildman–Crippen MR) is 136 cm³/mol. The molecule has 1 aromatic carbocycles. The SMILES string of the molecule is C=C(/C(=C\C(=C/C)C(F)(F)F)CCS(C)(=O)=O)[C@@H]1CCOc2cc(S(=O)(=O)Nc3cccc(F)n3)ccc21. The lowest BCUT2D eigenvalue weighted by atomic mass is 9.82. The van der Waals surface area contributed by atoms with E-state index in [4.69, 9.17) is 4.74 Å². The summed E-state index contributed by atoms with van der Waals surface area (Å²) < 4.78 is 111. The number of benzene rings is 1. The fourth-order valence-corrected chi connectivity index (χ4v) is 5.53. The molecule has 2 heterocycles. The van der Waals surface area contributed by atoms with Gasteiger partial charge in [-0.2, -0.15) is 17.6 Å². The minimum absolute atomic E-state index is 0.119. The lowest BCUT2D eigenvalue weighted by molar-refractivity contribution is -0.0883. The summed E-state index contributed by atoms with van der Waals surface area (Å²) in [5.41, 5.74) is -0.0509. The highest BCUT2D eigenvalue weighted by atomic mass is 32.2. The fraction of sp³-hybridized carbons (Fsp3) is 0.320. The van der Waals surface area contributed by atoms with Crippen molar-refractivity contribution in [2.45, 2.75) is 36.8 Å². The van der Waals surface area contributed by atoms with Crippen molar-refractivity contribution in [3.05, 3.63) is 83.4 Å². The number of hydrogen-bond donors (Lipinski definition) is 1. The Bertz CT molecular complexity index is 1500. The van der Waals surface area contributed by atoms with Gasteiger partial charge in [-0.1, -0.05) is 24.8 Å². The van der Waals surface area contributed by atoms with Crippen molar-refractivity contribution < 1.29 is 39.1 Å². The summed E-state index contributed by atoms with van der Waals surface area (Å²) in [5.74, 6) is -1.83. The Kier molecular flexibility index (Phi) is 8.72. The summed E-state index contributed by atoms with van der Waals surface area (Å²) in [6.07, 6.45) is -1.72. The van der Waals surface area contributed by atoms with Crippen LogP contribution >= 0.6 is 0 Å². The molecule has 13 heteroatoms. The molecule has 0 saturated heterocycles. The lowest BCUT2D eigenvalue weighted by Gasteiger charge is -2.29. The third-order valence-electron chi connectivity index (χ3n) is 5.83. The van der Waals surface area contributed by atoms with Gasteiger partial charge in [0.05, 0.1) is 22.8 Å². The summed E-state index contributed by atoms with van der Waals surface area (Å²) in [5, 5.41) is 0. The number of sulfonamides is 1. The first kappa shape index (κ1) is 29.4. The van der Waals surface area contributed by atoms with Crippen LogP contribution in [0.3, 0.4) is 0 Å². The summed E-state index contributed by atoms with van der Waals surface area (Å²) >= 11 is 0. The number of pyridine rings is 1. The molecular formula is C25H26F4N2O5S2. The maximum absolute atomic E-state index is 13.5. The van der Waals surface area contributed by atoms with Crippen LogP contribution in [-0.2, 0) is 19.9 Å². The van der Waals surface area contributed by atoms with Crippen LogP contribution in [0, 0.1) is 5.95 Å². The Morgan fingerprint density at radius 2 is 1.92 bits per heavy atom. The molecule has 1 atom stereocenters. The molecule has 0 unspecified atom stereocenters. The smallest absolute Gasteiger partial charge is 0.416 e. The molecule has 0 bridgehead atoms. The molecule has 1 aromatic heterocycles. The van der Waals surface area contributed by atoms with Crippen LogP contribution in [0.1, 0.15) is 31.2 Å². The van der Waals surface area contributed by atoms with Gasteiger partial charge in [0, 0.05) is 23.8 Å². The summed E-state index contributed by atoms with van der Waals surface area (Å²) in [7, 11) is -7.65. The van der Waals surface area contributed by atoms with Gasteiger partial charge in [-0.05, 0) is 55.2 Å². The van der Waals surface area contributed by atoms with E-state index in [-0.39, 0.29) is 46.4 Å². The Morgan fingerprint density at radius 3 is 2.53 bits per heavy atom. The first-order chi connectivity index (χ1) is 17.6. The van der Waals surface area contributed by atoms with E-state index in [2.05, 4.69) is 16.3 Å². The highest BCUT2D eigenvalue weighted by molar-refractivity contribution is 7.92. The molecule has 1 aliphatic rings. The van der Waals surface area contributed by atoms with Crippen molar-refractivity contribution in [2.75, 3.05) is 23.3 Å². The lowest BCUT2D eigenvalue weighted by Crippen LogP contribution is -2.19. The molecule has 2 aromatic rings. The quantitative estimate of drug-likeness (QED) is 0.247. The number of alkyl halides is 3. The monoisotopic (exact) mass is 574 g/mol. The molecule has 0 saturated carbocycles. The molecule has 0 amide bonds. The van der Waals surface area contributed by atoms with Gasteiger partial charge in [-0.15, -0.1) is 0 Å². The number of nitrogens with one attached hydrogen (secondary N) is 1. The number of ether oxygens (including phenoxy) is 1. The van der Waals surface area contributed by atoms with E-state index in [1.54, 1.807) is 0 Å². The molecular weight excluding hydrogens is 548 g/mol. The minimum atomic E-state index is -4.65. The third-order valence-corrected chi connectivity index (χ3v) is 8.13. The third kappa shape index (κ3) is 7.44. The maximum Gasteiger partial charge on any atom is 0.416 e. The number of aromatic nitrogens is 1. The topological polar surface area (TPSA) is 102 Å². The number of fused-ring (bicyclic) bond motifs is 1. The van der Waals surface area contributed by atoms with E-state index in [1.165, 1.54) is 37.3 Å². The highest BCUT2D eigenvalue weighted by Crippen LogP contribution is 2.42. The van der Waals surface area contributed by atoms with Crippen LogP contribution < -0.4 is 9.46 Å². The van der Waals surface area contributed by atoms with Crippen molar-refractivity contribution in [1.82, 2.24) is 4.98 Å². The standard InChI is InChI=1S/C25H26F4N2O5S2/c1-4-18(25(27,28)29)14-17(11-13-37(3,32)33)16(2)20-10-12-36-22-15-19(8-9-21(20)22)38(34,35)31-24-7-5-6-23(26)30-24/h4-9,14-15,20H,2,10-13H2,1,3H3,(H,30,31)/b17-14-,18-4+/t20-/m0/s1. The van der Waals surface area contributed by atoms with Crippen molar-refractivity contribution >= 4 is 25.7 Å². The minimum Gasteiger partial charge on any atom is -0.493 e. The second-order valence-corrected chi connectivity index (χ2v) is 12.6. The molecule has 0 fully saturated rings. The Labute approximate surface area is 218 Å². The van der Waals surface area contributed by atoms with Gasteiger partial charge in [0.25, 0.3) is 10.0 Å². The molecule has 1 aliphatic heterocycles. The van der Waals surface area contributed by atoms with Gasteiger partial charge in [-0.3, -0.25) is 4.72 Å². The number of sulfone groups is 1. The van der Waals surface area contributed by atoms with Crippen LogP contribution in [-0.4, -0.2) is 46.6 Å². The van der Waals surface area contributed by atoms with Crippen LogP contribution in [0.2, 0.25) is 0 Å². The second kappa shape index (κ2) is 11.3. The van der Waals surface area contributed by atoms with Crippen LogP contribution in [0.15, 0.2) is 76.7 Å². The van der Waals surface area contributed by atoms with Gasteiger partial charge in [0.1, 0.15) is 21.4 Å². The summed E-state index contributed by atoms with van der Waals surface area (Å²) in [6.45, 7) is 5.35. The van der Waals surface area contributed by atoms with Gasteiger partial charge < -0.3 is 4.74 Å². The summed E-state index contributed by atoms with van der Waals surface area (Å²) in [6, 6.07) is 7.63. The van der Waals surface area contributed by atoms with Gasteiger partial charge >= 0.3 is 6.18 Å². The average molecular weight is 575 g/mol. The van der Waals surface area contributed by atoms with E-state index in [1.807, 2.05) is 0 Å². The fourth-order valence-electron chi connectivity index (χ4n) is 3.92. The molecule has 7 nitrogen and oxygen atoms in total. The Hall–Kier alpha value is -3.19. The maximum atomic E-state index is 13.5. The van der Waals surface area contributed by atoms with E-state index in [9.17, 15) is 34.4 Å². The van der Waals surface area contributed by atoms with E-state index >= 15 is 0 Å². The number of nitrogens with zero attached hydrogens (tertiary/aromatic N) is 1. The zero-order chi connectivity index (χ0) is 28.3. The Balaban J connectivity index is 1.96. The van der Waals surface area contributed by atoms with Crippen LogP contribution in [0.5, 0.6) is 5.75 Å². The van der Waals surface area contributed by atoms with E-state index in [0.29, 0.717) is 12.0 Å². The number of hydrogen-bond acceptors (Lipinski definition) is 6. The van der Waals surface area contributed by atoms with E-state index < -0.39 is 43.5 Å². The predicted octanol–water partition coefficient (Wildman–Crippen LogP) is 5.31. The second-order valence-electron chi connectivity index (χ2n) is 8.66.